The highest BCUT2D eigenvalue weighted by molar-refractivity contribution is 6.35. The van der Waals surface area contributed by atoms with Crippen molar-refractivity contribution in [1.82, 2.24) is 9.80 Å². The summed E-state index contributed by atoms with van der Waals surface area (Å²) in [5.41, 5.74) is 1.28. The lowest BCUT2D eigenvalue weighted by atomic mass is 10.1. The van der Waals surface area contributed by atoms with Gasteiger partial charge in [-0.15, -0.1) is 0 Å². The minimum absolute atomic E-state index is 0.281. The molecule has 2 atom stereocenters. The van der Waals surface area contributed by atoms with Crippen molar-refractivity contribution in [2.24, 2.45) is 0 Å². The monoisotopic (exact) mass is 566 g/mol. The Hall–Kier alpha value is -2.28. The van der Waals surface area contributed by atoms with Crippen molar-refractivity contribution in [1.29, 1.82) is 0 Å². The number of methoxy groups -OCH3 is 1. The van der Waals surface area contributed by atoms with Crippen molar-refractivity contribution >= 4 is 46.4 Å². The second-order valence-electron chi connectivity index (χ2n) is 8.18. The van der Waals surface area contributed by atoms with E-state index in [1.165, 1.54) is 0 Å². The normalized spacial score (nSPS) is 14.7. The molecule has 1 aliphatic heterocycles. The molecule has 0 amide bonds. The largest absolute Gasteiger partial charge is 0.497 e. The Morgan fingerprint density at radius 2 is 1.56 bits per heavy atom. The lowest BCUT2D eigenvalue weighted by Gasteiger charge is -2.31. The molecule has 5 nitrogen and oxygen atoms in total. The van der Waals surface area contributed by atoms with Crippen LogP contribution in [0.2, 0.25) is 15.1 Å². The van der Waals surface area contributed by atoms with Crippen LogP contribution in [0, 0.1) is 0 Å². The van der Waals surface area contributed by atoms with Crippen molar-refractivity contribution in [2.75, 3.05) is 26.9 Å². The van der Waals surface area contributed by atoms with Gasteiger partial charge in [0.2, 0.25) is 0 Å². The zero-order valence-electron chi connectivity index (χ0n) is 19.6. The van der Waals surface area contributed by atoms with Crippen LogP contribution in [0.3, 0.4) is 0 Å². The zero-order chi connectivity index (χ0) is 25.5. The van der Waals surface area contributed by atoms with Crippen molar-refractivity contribution in [2.45, 2.75) is 18.2 Å². The summed E-state index contributed by atoms with van der Waals surface area (Å²) >= 11 is 25.5. The van der Waals surface area contributed by atoms with Gasteiger partial charge in [-0.05, 0) is 59.7 Å². The summed E-state index contributed by atoms with van der Waals surface area (Å²) in [4.78, 5) is 4.16. The van der Waals surface area contributed by atoms with Gasteiger partial charge >= 0.3 is 0 Å². The molecule has 0 saturated carbocycles. The van der Waals surface area contributed by atoms with Gasteiger partial charge in [0, 0.05) is 27.5 Å². The Kier molecular flexibility index (Phi) is 9.52. The Bertz CT molecular complexity index is 1160. The van der Waals surface area contributed by atoms with E-state index in [1.54, 1.807) is 19.2 Å². The summed E-state index contributed by atoms with van der Waals surface area (Å²) in [7, 11) is 1.64. The van der Waals surface area contributed by atoms with Crippen LogP contribution in [0.25, 0.3) is 0 Å². The van der Waals surface area contributed by atoms with Gasteiger partial charge in [0.25, 0.3) is 0 Å². The van der Waals surface area contributed by atoms with E-state index >= 15 is 0 Å². The minimum atomic E-state index is -0.471. The molecule has 0 fully saturated rings. The first-order chi connectivity index (χ1) is 17.4. The molecule has 0 radical (unpaired) electrons. The number of hydrogen-bond donors (Lipinski definition) is 0. The van der Waals surface area contributed by atoms with Crippen molar-refractivity contribution in [3.05, 3.63) is 105 Å². The smallest absolute Gasteiger partial charge is 0.135 e. The quantitative estimate of drug-likeness (QED) is 0.176. The molecule has 36 heavy (non-hydrogen) atoms. The molecule has 0 aromatic heterocycles. The van der Waals surface area contributed by atoms with Crippen LogP contribution in [0.4, 0.5) is 0 Å². The number of benzene rings is 3. The molecule has 0 aliphatic carbocycles. The van der Waals surface area contributed by atoms with E-state index in [0.29, 0.717) is 34.9 Å². The third-order valence-electron chi connectivity index (χ3n) is 5.72. The molecule has 3 aromatic carbocycles. The van der Waals surface area contributed by atoms with E-state index in [0.717, 1.165) is 22.6 Å². The highest BCUT2D eigenvalue weighted by atomic mass is 35.5. The van der Waals surface area contributed by atoms with E-state index in [-0.39, 0.29) is 6.61 Å². The van der Waals surface area contributed by atoms with E-state index in [4.69, 9.17) is 60.6 Å². The maximum atomic E-state index is 6.98. The van der Waals surface area contributed by atoms with Gasteiger partial charge in [-0.25, -0.2) is 0 Å². The molecule has 3 aromatic rings. The Labute approximate surface area is 231 Å². The summed E-state index contributed by atoms with van der Waals surface area (Å²) in [6.07, 6.45) is 3.53. The van der Waals surface area contributed by atoms with Gasteiger partial charge in [0.15, 0.2) is 0 Å². The molecule has 0 bridgehead atoms. The molecule has 0 saturated heterocycles. The molecule has 4 rings (SSSR count). The molecule has 0 N–H and O–H groups in total. The molecular formula is C27H26Cl4N2O3. The standard InChI is InChI=1S/C27H26Cl4N2O3/c1-34-23-8-10-24(11-9-23)35-15-14-32-12-13-33(18-32)27(31)26(19-2-5-21(28)6-3-19)36-17-20-4-7-22(29)16-25(20)30/h2-13,16,26-27H,14-15,17-18H2,1H3. The second-order valence-corrected chi connectivity index (χ2v) is 9.91. The van der Waals surface area contributed by atoms with Gasteiger partial charge in [0.05, 0.1) is 26.9 Å². The third kappa shape index (κ3) is 7.15. The van der Waals surface area contributed by atoms with Crippen LogP contribution < -0.4 is 9.47 Å². The highest BCUT2D eigenvalue weighted by Gasteiger charge is 2.29. The summed E-state index contributed by atoms with van der Waals surface area (Å²) < 4.78 is 17.3. The van der Waals surface area contributed by atoms with E-state index < -0.39 is 11.6 Å². The lowest BCUT2D eigenvalue weighted by Crippen LogP contribution is -2.36. The maximum absolute atomic E-state index is 6.98. The molecular weight excluding hydrogens is 542 g/mol. The average Bonchev–Trinajstić information content (AvgIpc) is 3.35. The van der Waals surface area contributed by atoms with Crippen molar-refractivity contribution in [3.8, 4) is 11.5 Å². The molecule has 0 spiro atoms. The van der Waals surface area contributed by atoms with Crippen LogP contribution >= 0.6 is 46.4 Å². The summed E-state index contributed by atoms with van der Waals surface area (Å²) in [5.74, 6) is 1.59. The van der Waals surface area contributed by atoms with Crippen LogP contribution in [0.5, 0.6) is 11.5 Å². The molecule has 1 aliphatic rings. The number of rotatable bonds is 11. The number of hydrogen-bond acceptors (Lipinski definition) is 5. The van der Waals surface area contributed by atoms with Crippen LogP contribution in [0.15, 0.2) is 79.1 Å². The number of ether oxygens (including phenoxy) is 3. The van der Waals surface area contributed by atoms with Crippen molar-refractivity contribution in [3.63, 3.8) is 0 Å². The van der Waals surface area contributed by atoms with Gasteiger partial charge in [0.1, 0.15) is 29.7 Å². The fraction of sp³-hybridized carbons (Fsp3) is 0.259. The van der Waals surface area contributed by atoms with Gasteiger partial charge in [-0.2, -0.15) is 0 Å². The Balaban J connectivity index is 1.36. The first-order valence-electron chi connectivity index (χ1n) is 11.3. The van der Waals surface area contributed by atoms with E-state index in [1.807, 2.05) is 71.9 Å². The summed E-state index contributed by atoms with van der Waals surface area (Å²) in [6.45, 7) is 2.12. The predicted octanol–water partition coefficient (Wildman–Crippen LogP) is 7.60. The summed E-state index contributed by atoms with van der Waals surface area (Å²) in [6, 6.07) is 20.4. The molecule has 2 unspecified atom stereocenters. The zero-order valence-corrected chi connectivity index (χ0v) is 22.6. The summed E-state index contributed by atoms with van der Waals surface area (Å²) in [5, 5.41) is 1.77. The number of alkyl halides is 1. The first kappa shape index (κ1) is 26.8. The Morgan fingerprint density at radius 1 is 0.861 bits per heavy atom. The van der Waals surface area contributed by atoms with E-state index in [2.05, 4.69) is 4.90 Å². The topological polar surface area (TPSA) is 34.2 Å². The van der Waals surface area contributed by atoms with Gasteiger partial charge in [-0.1, -0.05) is 64.6 Å². The molecule has 1 heterocycles. The maximum Gasteiger partial charge on any atom is 0.135 e. The van der Waals surface area contributed by atoms with Crippen LogP contribution in [-0.2, 0) is 11.3 Å². The van der Waals surface area contributed by atoms with Crippen LogP contribution in [-0.4, -0.2) is 42.2 Å². The lowest BCUT2D eigenvalue weighted by molar-refractivity contribution is 0.00651. The first-order valence-corrected chi connectivity index (χ1v) is 12.9. The third-order valence-corrected chi connectivity index (χ3v) is 7.04. The average molecular weight is 568 g/mol. The van der Waals surface area contributed by atoms with Gasteiger partial charge in [-0.3, -0.25) is 0 Å². The van der Waals surface area contributed by atoms with Gasteiger partial charge < -0.3 is 24.0 Å². The minimum Gasteiger partial charge on any atom is -0.497 e. The fourth-order valence-electron chi connectivity index (χ4n) is 3.72. The predicted molar refractivity (Wildman–Crippen MR) is 146 cm³/mol. The Morgan fingerprint density at radius 3 is 2.25 bits per heavy atom. The number of nitrogens with zero attached hydrogens (tertiary/aromatic N) is 2. The number of halogens is 4. The second kappa shape index (κ2) is 12.8. The van der Waals surface area contributed by atoms with Crippen molar-refractivity contribution < 1.29 is 14.2 Å². The fourth-order valence-corrected chi connectivity index (χ4v) is 4.66. The van der Waals surface area contributed by atoms with E-state index in [9.17, 15) is 0 Å². The SMILES string of the molecule is COc1ccc(OCCN2C=CN(C(Cl)C(OCc3ccc(Cl)cc3Cl)c3ccc(Cl)cc3)C2)cc1. The molecule has 9 heteroatoms. The van der Waals surface area contributed by atoms with Crippen LogP contribution in [0.1, 0.15) is 17.2 Å². The highest BCUT2D eigenvalue weighted by Crippen LogP contribution is 2.33. The molecule has 190 valence electrons.